The minimum Gasteiger partial charge on any atom is -0.464 e. The summed E-state index contributed by atoms with van der Waals surface area (Å²) in [7, 11) is 0. The highest BCUT2D eigenvalue weighted by atomic mass is 16.6. The zero-order valence-electron chi connectivity index (χ0n) is 16.8. The third-order valence-corrected chi connectivity index (χ3v) is 4.75. The van der Waals surface area contributed by atoms with Gasteiger partial charge < -0.3 is 24.3 Å². The molecular weight excluding hydrogens is 370 g/mol. The predicted molar refractivity (Wildman–Crippen MR) is 97.8 cm³/mol. The van der Waals surface area contributed by atoms with Gasteiger partial charge in [-0.3, -0.25) is 9.59 Å². The summed E-state index contributed by atoms with van der Waals surface area (Å²) in [4.78, 5) is 49.1. The molecule has 2 fully saturated rings. The third-order valence-electron chi connectivity index (χ3n) is 4.75. The van der Waals surface area contributed by atoms with Crippen LogP contribution in [0.3, 0.4) is 0 Å². The van der Waals surface area contributed by atoms with Crippen LogP contribution in [0.15, 0.2) is 12.8 Å². The van der Waals surface area contributed by atoms with Gasteiger partial charge in [0.2, 0.25) is 0 Å². The molecule has 2 saturated carbocycles. The number of nitrogens with one attached hydrogen (secondary N) is 1. The van der Waals surface area contributed by atoms with E-state index < -0.39 is 59.0 Å². The van der Waals surface area contributed by atoms with Crippen LogP contribution in [0.5, 0.6) is 0 Å². The number of carbonyl (C=O) groups is 4. The normalized spacial score (nSPS) is 30.5. The molecule has 2 rings (SSSR count). The average Bonchev–Trinajstić information content (AvgIpc) is 3.20. The van der Waals surface area contributed by atoms with Crippen LogP contribution in [0.25, 0.3) is 0 Å². The van der Waals surface area contributed by atoms with Crippen molar-refractivity contribution in [1.29, 1.82) is 0 Å². The standard InChI is InChI=1S/C19H27NO8.H2/c1-7-25-15(22)13-12-11(27-10(3)21)9-19(14(12)13,16(23)26-8-2)20-17(24)28-18(4,5)6;/h7,11-14H,1,8-9H2,2-6H3,(H,20,24);1H/t11-,12-,13-,14-,19-;/m0./s1. The smallest absolute Gasteiger partial charge is 0.408 e. The molecule has 9 nitrogen and oxygen atoms in total. The molecule has 28 heavy (non-hydrogen) atoms. The Balaban J connectivity index is 0.00000420. The van der Waals surface area contributed by atoms with Crippen LogP contribution in [0.2, 0.25) is 0 Å². The van der Waals surface area contributed by atoms with Gasteiger partial charge in [0.25, 0.3) is 0 Å². The Kier molecular flexibility index (Phi) is 6.06. The largest absolute Gasteiger partial charge is 0.464 e. The van der Waals surface area contributed by atoms with Gasteiger partial charge in [0, 0.05) is 26.6 Å². The van der Waals surface area contributed by atoms with Gasteiger partial charge in [0.1, 0.15) is 17.2 Å². The van der Waals surface area contributed by atoms with E-state index in [4.69, 9.17) is 18.9 Å². The molecule has 0 spiro atoms. The van der Waals surface area contributed by atoms with Crippen molar-refractivity contribution >= 4 is 24.0 Å². The van der Waals surface area contributed by atoms with Crippen molar-refractivity contribution in [2.75, 3.05) is 6.61 Å². The van der Waals surface area contributed by atoms with Crippen molar-refractivity contribution in [2.24, 2.45) is 17.8 Å². The first kappa shape index (κ1) is 21.7. The molecule has 9 heteroatoms. The summed E-state index contributed by atoms with van der Waals surface area (Å²) >= 11 is 0. The Morgan fingerprint density at radius 1 is 1.29 bits per heavy atom. The van der Waals surface area contributed by atoms with E-state index in [1.165, 1.54) is 6.92 Å². The Morgan fingerprint density at radius 3 is 2.43 bits per heavy atom. The molecule has 0 heterocycles. The maximum Gasteiger partial charge on any atom is 0.408 e. The summed E-state index contributed by atoms with van der Waals surface area (Å²) in [5.41, 5.74) is -2.36. The molecule has 1 amide bonds. The number of ether oxygens (including phenoxy) is 4. The van der Waals surface area contributed by atoms with Crippen LogP contribution >= 0.6 is 0 Å². The van der Waals surface area contributed by atoms with Crippen molar-refractivity contribution in [2.45, 2.75) is 58.3 Å². The van der Waals surface area contributed by atoms with E-state index in [9.17, 15) is 19.2 Å². The minimum atomic E-state index is -1.56. The molecule has 2 aliphatic rings. The number of esters is 3. The second-order valence-electron chi connectivity index (χ2n) is 7.90. The lowest BCUT2D eigenvalue weighted by molar-refractivity contribution is -0.157. The Morgan fingerprint density at radius 2 is 1.93 bits per heavy atom. The molecule has 0 aromatic carbocycles. The number of fused-ring (bicyclic) bond motifs is 1. The van der Waals surface area contributed by atoms with E-state index in [-0.39, 0.29) is 14.5 Å². The lowest BCUT2D eigenvalue weighted by Crippen LogP contribution is -2.58. The first-order valence-electron chi connectivity index (χ1n) is 9.14. The molecule has 0 aliphatic heterocycles. The van der Waals surface area contributed by atoms with Crippen LogP contribution in [0.1, 0.15) is 42.5 Å². The summed E-state index contributed by atoms with van der Waals surface area (Å²) in [6.45, 7) is 11.3. The molecule has 1 N–H and O–H groups in total. The molecule has 0 saturated heterocycles. The molecule has 5 atom stereocenters. The fourth-order valence-electron chi connectivity index (χ4n) is 3.97. The summed E-state index contributed by atoms with van der Waals surface area (Å²) in [6.07, 6.45) is -0.600. The van der Waals surface area contributed by atoms with Crippen molar-refractivity contribution in [3.63, 3.8) is 0 Å². The number of amides is 1. The van der Waals surface area contributed by atoms with Crippen LogP contribution in [-0.2, 0) is 33.3 Å². The lowest BCUT2D eigenvalue weighted by atomic mass is 9.89. The first-order valence-corrected chi connectivity index (χ1v) is 9.14. The van der Waals surface area contributed by atoms with Crippen molar-refractivity contribution in [3.8, 4) is 0 Å². The molecule has 0 bridgehead atoms. The topological polar surface area (TPSA) is 117 Å². The van der Waals surface area contributed by atoms with Crippen LogP contribution in [0, 0.1) is 17.8 Å². The molecule has 158 valence electrons. The summed E-state index contributed by atoms with van der Waals surface area (Å²) in [6, 6.07) is 0. The van der Waals surface area contributed by atoms with Gasteiger partial charge in [-0.25, -0.2) is 9.59 Å². The van der Waals surface area contributed by atoms with Gasteiger partial charge in [-0.2, -0.15) is 0 Å². The highest BCUT2D eigenvalue weighted by molar-refractivity contribution is 5.91. The fraction of sp³-hybridized carbons (Fsp3) is 0.684. The van der Waals surface area contributed by atoms with Gasteiger partial charge in [-0.1, -0.05) is 6.58 Å². The Hall–Kier alpha value is -2.58. The minimum absolute atomic E-state index is 0. The van der Waals surface area contributed by atoms with Crippen LogP contribution in [-0.4, -0.2) is 47.9 Å². The number of hydrogen-bond donors (Lipinski definition) is 1. The molecule has 0 radical (unpaired) electrons. The zero-order valence-corrected chi connectivity index (χ0v) is 16.8. The van der Waals surface area contributed by atoms with Crippen molar-refractivity contribution in [1.82, 2.24) is 5.32 Å². The molecule has 0 aromatic heterocycles. The second-order valence-corrected chi connectivity index (χ2v) is 7.90. The molecule has 0 aromatic rings. The predicted octanol–water partition coefficient (Wildman–Crippen LogP) is 1.94. The highest BCUT2D eigenvalue weighted by Gasteiger charge is 2.77. The van der Waals surface area contributed by atoms with Gasteiger partial charge in [0.05, 0.1) is 18.8 Å². The fourth-order valence-corrected chi connectivity index (χ4v) is 3.97. The van der Waals surface area contributed by atoms with Gasteiger partial charge in [-0.05, 0) is 27.7 Å². The van der Waals surface area contributed by atoms with Gasteiger partial charge >= 0.3 is 24.0 Å². The number of carbonyl (C=O) groups excluding carboxylic acids is 4. The maximum atomic E-state index is 12.9. The van der Waals surface area contributed by atoms with Crippen LogP contribution < -0.4 is 5.32 Å². The first-order chi connectivity index (χ1) is 13.0. The molecule has 2 aliphatic carbocycles. The summed E-state index contributed by atoms with van der Waals surface area (Å²) in [5, 5.41) is 2.59. The number of alkyl carbamates (subject to hydrolysis) is 1. The van der Waals surface area contributed by atoms with E-state index in [0.717, 1.165) is 6.26 Å². The highest BCUT2D eigenvalue weighted by Crippen LogP contribution is 2.64. The Labute approximate surface area is 165 Å². The lowest BCUT2D eigenvalue weighted by Gasteiger charge is -2.32. The maximum absolute atomic E-state index is 12.9. The van der Waals surface area contributed by atoms with E-state index in [1.807, 2.05) is 0 Å². The SMILES string of the molecule is C=COC(=O)[C@H]1[C@H]2[C@@H]1[C@](NC(=O)OC(C)(C)C)(C(=O)OCC)C[C@@H]2OC(C)=O.[HH]. The Bertz CT molecular complexity index is 688. The summed E-state index contributed by atoms with van der Waals surface area (Å²) in [5.74, 6) is -3.73. The van der Waals surface area contributed by atoms with Gasteiger partial charge in [-0.15, -0.1) is 0 Å². The van der Waals surface area contributed by atoms with E-state index >= 15 is 0 Å². The van der Waals surface area contributed by atoms with E-state index in [2.05, 4.69) is 11.9 Å². The second kappa shape index (κ2) is 7.81. The third kappa shape index (κ3) is 4.28. The zero-order chi connectivity index (χ0) is 21.3. The quantitative estimate of drug-likeness (QED) is 0.409. The van der Waals surface area contributed by atoms with E-state index in [1.54, 1.807) is 27.7 Å². The molecule has 0 unspecified atom stereocenters. The van der Waals surface area contributed by atoms with Crippen molar-refractivity contribution < 1.29 is 39.6 Å². The number of rotatable bonds is 6. The van der Waals surface area contributed by atoms with E-state index in [0.29, 0.717) is 0 Å². The average molecular weight is 399 g/mol. The summed E-state index contributed by atoms with van der Waals surface area (Å²) < 4.78 is 20.6. The van der Waals surface area contributed by atoms with Crippen LogP contribution in [0.4, 0.5) is 4.79 Å². The monoisotopic (exact) mass is 399 g/mol. The number of hydrogen-bond acceptors (Lipinski definition) is 8. The van der Waals surface area contributed by atoms with Gasteiger partial charge in [0.15, 0.2) is 0 Å². The molecular formula is C19H29NO8. The van der Waals surface area contributed by atoms with Crippen molar-refractivity contribution in [3.05, 3.63) is 12.8 Å².